The number of aryl methyl sites for hydroxylation is 1. The molecule has 164 valence electrons. The number of carbonyl (C=O) groups excluding carboxylic acids is 2. The van der Waals surface area contributed by atoms with E-state index in [0.29, 0.717) is 24.3 Å². The summed E-state index contributed by atoms with van der Waals surface area (Å²) in [6.07, 6.45) is 1.73. The fraction of sp³-hybridized carbons (Fsp3) is 0.364. The van der Waals surface area contributed by atoms with Crippen LogP contribution in [0.1, 0.15) is 25.3 Å². The second-order valence-corrected chi connectivity index (χ2v) is 9.61. The van der Waals surface area contributed by atoms with Gasteiger partial charge in [-0.15, -0.1) is 0 Å². The van der Waals surface area contributed by atoms with Gasteiger partial charge in [-0.1, -0.05) is 25.1 Å². The SMILES string of the molecule is CCc1ccccc1NC(=O)C1CCN(S(=O)(=O)c2ccc3c(c2)OCC(=O)N3)CC1. The van der Waals surface area contributed by atoms with Gasteiger partial charge in [0.15, 0.2) is 6.61 Å². The smallest absolute Gasteiger partial charge is 0.262 e. The Bertz CT molecular complexity index is 1110. The van der Waals surface area contributed by atoms with Crippen LogP contribution in [-0.4, -0.2) is 44.2 Å². The number of benzene rings is 2. The van der Waals surface area contributed by atoms with E-state index in [1.807, 2.05) is 31.2 Å². The van der Waals surface area contributed by atoms with Crippen molar-refractivity contribution < 1.29 is 22.7 Å². The monoisotopic (exact) mass is 443 g/mol. The lowest BCUT2D eigenvalue weighted by atomic mass is 9.97. The maximum absolute atomic E-state index is 13.1. The Morgan fingerprint density at radius 2 is 1.94 bits per heavy atom. The molecule has 0 radical (unpaired) electrons. The zero-order valence-electron chi connectivity index (χ0n) is 17.3. The first kappa shape index (κ1) is 21.3. The topological polar surface area (TPSA) is 105 Å². The number of fused-ring (bicyclic) bond motifs is 1. The van der Waals surface area contributed by atoms with E-state index in [2.05, 4.69) is 10.6 Å². The third-order valence-corrected chi connectivity index (χ3v) is 7.60. The summed E-state index contributed by atoms with van der Waals surface area (Å²) in [6.45, 7) is 2.43. The van der Waals surface area contributed by atoms with Gasteiger partial charge in [-0.05, 0) is 43.0 Å². The highest BCUT2D eigenvalue weighted by molar-refractivity contribution is 7.89. The second-order valence-electron chi connectivity index (χ2n) is 7.67. The summed E-state index contributed by atoms with van der Waals surface area (Å²) >= 11 is 0. The molecule has 2 aromatic carbocycles. The summed E-state index contributed by atoms with van der Waals surface area (Å²) in [5.41, 5.74) is 2.34. The average molecular weight is 444 g/mol. The van der Waals surface area contributed by atoms with Gasteiger partial charge in [0.25, 0.3) is 5.91 Å². The predicted molar refractivity (Wildman–Crippen MR) is 116 cm³/mol. The lowest BCUT2D eigenvalue weighted by Gasteiger charge is -2.31. The maximum atomic E-state index is 13.1. The van der Waals surface area contributed by atoms with E-state index in [9.17, 15) is 18.0 Å². The van der Waals surface area contributed by atoms with Crippen molar-refractivity contribution in [1.82, 2.24) is 4.31 Å². The number of para-hydroxylation sites is 1. The molecule has 1 fully saturated rings. The molecule has 4 rings (SSSR count). The summed E-state index contributed by atoms with van der Waals surface area (Å²) in [5, 5.41) is 5.64. The second kappa shape index (κ2) is 8.68. The van der Waals surface area contributed by atoms with Crippen LogP contribution < -0.4 is 15.4 Å². The Labute approximate surface area is 181 Å². The minimum absolute atomic E-state index is 0.0733. The average Bonchev–Trinajstić information content (AvgIpc) is 2.79. The van der Waals surface area contributed by atoms with Gasteiger partial charge in [0, 0.05) is 30.8 Å². The van der Waals surface area contributed by atoms with Crippen molar-refractivity contribution in [2.45, 2.75) is 31.1 Å². The lowest BCUT2D eigenvalue weighted by Crippen LogP contribution is -2.41. The molecule has 0 bridgehead atoms. The zero-order chi connectivity index (χ0) is 22.0. The Morgan fingerprint density at radius 1 is 1.19 bits per heavy atom. The van der Waals surface area contributed by atoms with Crippen molar-refractivity contribution in [3.05, 3.63) is 48.0 Å². The quantitative estimate of drug-likeness (QED) is 0.739. The van der Waals surface area contributed by atoms with Crippen LogP contribution in [-0.2, 0) is 26.0 Å². The van der Waals surface area contributed by atoms with Crippen molar-refractivity contribution in [1.29, 1.82) is 0 Å². The largest absolute Gasteiger partial charge is 0.482 e. The molecule has 9 heteroatoms. The molecule has 1 saturated heterocycles. The highest BCUT2D eigenvalue weighted by Crippen LogP contribution is 2.32. The van der Waals surface area contributed by atoms with Crippen LogP contribution in [0.4, 0.5) is 11.4 Å². The minimum atomic E-state index is -3.72. The highest BCUT2D eigenvalue weighted by Gasteiger charge is 2.33. The van der Waals surface area contributed by atoms with Gasteiger partial charge in [0.05, 0.1) is 10.6 Å². The number of rotatable bonds is 5. The van der Waals surface area contributed by atoms with Crippen molar-refractivity contribution in [2.75, 3.05) is 30.3 Å². The van der Waals surface area contributed by atoms with Gasteiger partial charge in [0.1, 0.15) is 5.75 Å². The first-order valence-electron chi connectivity index (χ1n) is 10.3. The van der Waals surface area contributed by atoms with Crippen molar-refractivity contribution in [3.8, 4) is 5.75 Å². The fourth-order valence-corrected chi connectivity index (χ4v) is 5.39. The first-order chi connectivity index (χ1) is 14.9. The maximum Gasteiger partial charge on any atom is 0.262 e. The summed E-state index contributed by atoms with van der Waals surface area (Å²) in [4.78, 5) is 24.2. The summed E-state index contributed by atoms with van der Waals surface area (Å²) in [5.74, 6) is -0.246. The molecule has 2 N–H and O–H groups in total. The Kier molecular flexibility index (Phi) is 5.97. The third-order valence-electron chi connectivity index (χ3n) is 5.70. The van der Waals surface area contributed by atoms with Crippen LogP contribution in [0.25, 0.3) is 0 Å². The summed E-state index contributed by atoms with van der Waals surface area (Å²) in [7, 11) is -3.72. The number of piperidine rings is 1. The van der Waals surface area contributed by atoms with Gasteiger partial charge < -0.3 is 15.4 Å². The number of nitrogens with zero attached hydrogens (tertiary/aromatic N) is 1. The number of nitrogens with one attached hydrogen (secondary N) is 2. The van der Waals surface area contributed by atoms with Crippen molar-refractivity contribution in [3.63, 3.8) is 0 Å². The zero-order valence-corrected chi connectivity index (χ0v) is 18.1. The van der Waals surface area contributed by atoms with Gasteiger partial charge in [-0.25, -0.2) is 8.42 Å². The van der Waals surface area contributed by atoms with Crippen LogP contribution in [0.3, 0.4) is 0 Å². The van der Waals surface area contributed by atoms with E-state index in [4.69, 9.17) is 4.74 Å². The van der Waals surface area contributed by atoms with E-state index in [1.165, 1.54) is 22.5 Å². The predicted octanol–water partition coefficient (Wildman–Crippen LogP) is 2.62. The minimum Gasteiger partial charge on any atom is -0.482 e. The van der Waals surface area contributed by atoms with Gasteiger partial charge in [0.2, 0.25) is 15.9 Å². The van der Waals surface area contributed by atoms with E-state index in [1.54, 1.807) is 0 Å². The van der Waals surface area contributed by atoms with E-state index >= 15 is 0 Å². The number of amides is 2. The molecule has 0 unspecified atom stereocenters. The number of hydrogen-bond acceptors (Lipinski definition) is 5. The molecule has 0 aromatic heterocycles. The Balaban J connectivity index is 1.41. The molecule has 2 heterocycles. The molecule has 0 atom stereocenters. The van der Waals surface area contributed by atoms with Crippen LogP contribution >= 0.6 is 0 Å². The number of anilines is 2. The standard InChI is InChI=1S/C22H25N3O5S/c1-2-15-5-3-4-6-18(15)24-22(27)16-9-11-25(12-10-16)31(28,29)17-7-8-19-20(13-17)30-14-21(26)23-19/h3-8,13,16H,2,9-12,14H2,1H3,(H,23,26)(H,24,27). The number of carbonyl (C=O) groups is 2. The fourth-order valence-electron chi connectivity index (χ4n) is 3.91. The van der Waals surface area contributed by atoms with Crippen molar-refractivity contribution >= 4 is 33.2 Å². The Hall–Kier alpha value is -2.91. The summed E-state index contributed by atoms with van der Waals surface area (Å²) < 4.78 is 32.9. The number of ether oxygens (including phenoxy) is 1. The van der Waals surface area contributed by atoms with Crippen LogP contribution in [0.15, 0.2) is 47.4 Å². The van der Waals surface area contributed by atoms with E-state index < -0.39 is 10.0 Å². The molecule has 0 saturated carbocycles. The van der Waals surface area contributed by atoms with Gasteiger partial charge in [-0.2, -0.15) is 4.31 Å². The molecule has 2 amide bonds. The molecule has 8 nitrogen and oxygen atoms in total. The van der Waals surface area contributed by atoms with E-state index in [0.717, 1.165) is 17.7 Å². The Morgan fingerprint density at radius 3 is 2.68 bits per heavy atom. The normalized spacial score (nSPS) is 17.4. The molecule has 2 aromatic rings. The van der Waals surface area contributed by atoms with Gasteiger partial charge in [-0.3, -0.25) is 9.59 Å². The lowest BCUT2D eigenvalue weighted by molar-refractivity contribution is -0.121. The van der Waals surface area contributed by atoms with Crippen LogP contribution in [0.5, 0.6) is 5.75 Å². The van der Waals surface area contributed by atoms with E-state index in [-0.39, 0.29) is 42.3 Å². The first-order valence-corrected chi connectivity index (χ1v) is 11.8. The third kappa shape index (κ3) is 4.42. The molecule has 0 spiro atoms. The van der Waals surface area contributed by atoms with Gasteiger partial charge >= 0.3 is 0 Å². The molecular formula is C22H25N3O5S. The van der Waals surface area contributed by atoms with Crippen LogP contribution in [0, 0.1) is 5.92 Å². The molecule has 31 heavy (non-hydrogen) atoms. The highest BCUT2D eigenvalue weighted by atomic mass is 32.2. The molecular weight excluding hydrogens is 418 g/mol. The summed E-state index contributed by atoms with van der Waals surface area (Å²) in [6, 6.07) is 12.1. The molecule has 2 aliphatic rings. The number of hydrogen-bond donors (Lipinski definition) is 2. The molecule has 2 aliphatic heterocycles. The van der Waals surface area contributed by atoms with Crippen molar-refractivity contribution in [2.24, 2.45) is 5.92 Å². The molecule has 0 aliphatic carbocycles. The number of sulfonamides is 1. The van der Waals surface area contributed by atoms with Crippen LogP contribution in [0.2, 0.25) is 0 Å².